The van der Waals surface area contributed by atoms with Crippen LogP contribution in [0.4, 0.5) is 0 Å². The second kappa shape index (κ2) is 58.4. The fraction of sp³-hybridized carbons (Fsp3) is 0.646. The quantitative estimate of drug-likeness (QED) is 0.0261. The van der Waals surface area contributed by atoms with Crippen molar-refractivity contribution >= 4 is 17.9 Å². The van der Waals surface area contributed by atoms with Crippen molar-refractivity contribution in [2.24, 2.45) is 0 Å². The Balaban J connectivity index is 4.45. The molecule has 0 aliphatic rings. The van der Waals surface area contributed by atoms with E-state index in [9.17, 15) is 14.4 Å². The monoisotopic (exact) mass is 983 g/mol. The van der Waals surface area contributed by atoms with E-state index in [1.165, 1.54) is 57.8 Å². The minimum Gasteiger partial charge on any atom is -0.462 e. The topological polar surface area (TPSA) is 78.9 Å². The average Bonchev–Trinajstić information content (AvgIpc) is 3.37. The lowest BCUT2D eigenvalue weighted by Crippen LogP contribution is -2.30. The van der Waals surface area contributed by atoms with Gasteiger partial charge in [0, 0.05) is 19.3 Å². The first kappa shape index (κ1) is 66.8. The van der Waals surface area contributed by atoms with E-state index in [0.29, 0.717) is 19.3 Å². The van der Waals surface area contributed by atoms with Crippen LogP contribution in [0.1, 0.15) is 252 Å². The Kier molecular flexibility index (Phi) is 54.9. The number of rotatable bonds is 51. The molecule has 0 aliphatic carbocycles. The first-order valence-corrected chi connectivity index (χ1v) is 29.0. The summed E-state index contributed by atoms with van der Waals surface area (Å²) in [5, 5.41) is 0. The lowest BCUT2D eigenvalue weighted by Gasteiger charge is -2.18. The number of ether oxygens (including phenoxy) is 3. The van der Waals surface area contributed by atoms with Gasteiger partial charge in [0.05, 0.1) is 0 Å². The Hall–Kier alpha value is -4.19. The highest BCUT2D eigenvalue weighted by Gasteiger charge is 2.19. The van der Waals surface area contributed by atoms with E-state index in [4.69, 9.17) is 14.2 Å². The van der Waals surface area contributed by atoms with Gasteiger partial charge in [-0.15, -0.1) is 0 Å². The lowest BCUT2D eigenvalue weighted by molar-refractivity contribution is -0.167. The number of allylic oxidation sites excluding steroid dienone is 20. The Morgan fingerprint density at radius 3 is 0.915 bits per heavy atom. The summed E-state index contributed by atoms with van der Waals surface area (Å²) in [4.78, 5) is 38.2. The normalized spacial score (nSPS) is 13.0. The second-order valence-electron chi connectivity index (χ2n) is 18.8. The molecule has 0 amide bonds. The van der Waals surface area contributed by atoms with E-state index in [2.05, 4.69) is 142 Å². The van der Waals surface area contributed by atoms with Crippen molar-refractivity contribution in [3.05, 3.63) is 122 Å². The number of esters is 3. The molecular formula is C65H106O6. The summed E-state index contributed by atoms with van der Waals surface area (Å²) in [6, 6.07) is 0. The molecule has 402 valence electrons. The molecular weight excluding hydrogens is 877 g/mol. The molecule has 6 heteroatoms. The van der Waals surface area contributed by atoms with Gasteiger partial charge in [-0.05, 0) is 128 Å². The van der Waals surface area contributed by atoms with Crippen LogP contribution in [-0.4, -0.2) is 37.2 Å². The van der Waals surface area contributed by atoms with Gasteiger partial charge in [0.1, 0.15) is 13.2 Å². The van der Waals surface area contributed by atoms with Crippen molar-refractivity contribution in [2.75, 3.05) is 13.2 Å². The van der Waals surface area contributed by atoms with Crippen LogP contribution in [-0.2, 0) is 28.6 Å². The SMILES string of the molecule is CC/C=C\C/C=C\C/C=C\C/C=C\C/C=C\C/C=C\CCCCCCC(=O)OCC(COC(=O)CCCCCCC/C=C\C/C=C\CCC)OC(=O)CCCCCCCCC/C=C\C/C=C\CCCCC. The smallest absolute Gasteiger partial charge is 0.306 e. The molecule has 1 unspecified atom stereocenters. The molecule has 0 aromatic heterocycles. The zero-order valence-corrected chi connectivity index (χ0v) is 45.9. The minimum absolute atomic E-state index is 0.0998. The zero-order valence-electron chi connectivity index (χ0n) is 45.9. The van der Waals surface area contributed by atoms with Gasteiger partial charge in [0.2, 0.25) is 0 Å². The fourth-order valence-electron chi connectivity index (χ4n) is 7.57. The van der Waals surface area contributed by atoms with Crippen molar-refractivity contribution in [3.8, 4) is 0 Å². The molecule has 71 heavy (non-hydrogen) atoms. The van der Waals surface area contributed by atoms with Crippen molar-refractivity contribution < 1.29 is 28.6 Å². The molecule has 0 rings (SSSR count). The van der Waals surface area contributed by atoms with E-state index in [-0.39, 0.29) is 31.1 Å². The molecule has 0 fully saturated rings. The molecule has 0 bridgehead atoms. The number of carbonyl (C=O) groups is 3. The van der Waals surface area contributed by atoms with Gasteiger partial charge >= 0.3 is 17.9 Å². The summed E-state index contributed by atoms with van der Waals surface area (Å²) in [6.45, 7) is 6.39. The largest absolute Gasteiger partial charge is 0.462 e. The van der Waals surface area contributed by atoms with Crippen LogP contribution in [0, 0.1) is 0 Å². The van der Waals surface area contributed by atoms with E-state index < -0.39 is 6.10 Å². The Bertz CT molecular complexity index is 1500. The van der Waals surface area contributed by atoms with Crippen LogP contribution in [0.3, 0.4) is 0 Å². The van der Waals surface area contributed by atoms with E-state index in [0.717, 1.165) is 154 Å². The second-order valence-corrected chi connectivity index (χ2v) is 18.8. The molecule has 0 aliphatic heterocycles. The third-order valence-electron chi connectivity index (χ3n) is 11.9. The van der Waals surface area contributed by atoms with Crippen LogP contribution in [0.2, 0.25) is 0 Å². The lowest BCUT2D eigenvalue weighted by atomic mass is 10.1. The number of unbranched alkanes of at least 4 members (excludes halogenated alkanes) is 20. The van der Waals surface area contributed by atoms with Gasteiger partial charge in [-0.25, -0.2) is 0 Å². The summed E-state index contributed by atoms with van der Waals surface area (Å²) >= 11 is 0. The number of hydrogen-bond acceptors (Lipinski definition) is 6. The highest BCUT2D eigenvalue weighted by molar-refractivity contribution is 5.71. The molecule has 0 aromatic carbocycles. The Morgan fingerprint density at radius 1 is 0.296 bits per heavy atom. The van der Waals surface area contributed by atoms with Gasteiger partial charge < -0.3 is 14.2 Å². The van der Waals surface area contributed by atoms with Crippen LogP contribution in [0.5, 0.6) is 0 Å². The Morgan fingerprint density at radius 2 is 0.577 bits per heavy atom. The van der Waals surface area contributed by atoms with Gasteiger partial charge in [0.15, 0.2) is 6.10 Å². The summed E-state index contributed by atoms with van der Waals surface area (Å²) in [6.07, 6.45) is 80.4. The molecule has 0 heterocycles. The summed E-state index contributed by atoms with van der Waals surface area (Å²) in [7, 11) is 0. The maximum Gasteiger partial charge on any atom is 0.306 e. The third kappa shape index (κ3) is 56.6. The Labute approximate surface area is 437 Å². The van der Waals surface area contributed by atoms with Crippen LogP contribution >= 0.6 is 0 Å². The molecule has 1 atom stereocenters. The number of hydrogen-bond donors (Lipinski definition) is 0. The summed E-state index contributed by atoms with van der Waals surface area (Å²) in [5.41, 5.74) is 0. The van der Waals surface area contributed by atoms with Crippen molar-refractivity contribution in [2.45, 2.75) is 258 Å². The van der Waals surface area contributed by atoms with E-state index in [1.54, 1.807) is 0 Å². The molecule has 0 saturated carbocycles. The van der Waals surface area contributed by atoms with Gasteiger partial charge in [-0.1, -0.05) is 226 Å². The molecule has 0 saturated heterocycles. The first-order chi connectivity index (χ1) is 35.0. The molecule has 0 radical (unpaired) electrons. The highest BCUT2D eigenvalue weighted by Crippen LogP contribution is 2.14. The first-order valence-electron chi connectivity index (χ1n) is 29.0. The van der Waals surface area contributed by atoms with Crippen molar-refractivity contribution in [1.29, 1.82) is 0 Å². The highest BCUT2D eigenvalue weighted by atomic mass is 16.6. The summed E-state index contributed by atoms with van der Waals surface area (Å²) < 4.78 is 16.8. The van der Waals surface area contributed by atoms with Gasteiger partial charge in [-0.3, -0.25) is 14.4 Å². The average molecular weight is 984 g/mol. The summed E-state index contributed by atoms with van der Waals surface area (Å²) in [5.74, 6) is -0.948. The van der Waals surface area contributed by atoms with Crippen LogP contribution < -0.4 is 0 Å². The molecule has 6 nitrogen and oxygen atoms in total. The minimum atomic E-state index is -0.803. The van der Waals surface area contributed by atoms with Crippen LogP contribution in [0.15, 0.2) is 122 Å². The maximum atomic E-state index is 12.9. The molecule has 0 N–H and O–H groups in total. The standard InChI is InChI=1S/C65H106O6/c1-4-7-10-13-16-19-22-25-27-29-30-31-32-33-34-36-37-40-43-46-49-52-55-58-64(67)70-61-62(60-69-63(66)57-54-51-48-45-42-39-24-21-18-15-12-9-6-3)71-65(68)59-56-53-50-47-44-41-38-35-28-26-23-20-17-14-11-8-5-2/h7,10,12,15-17,19-21,24-28,30-31,33-34,37,40,62H,4-6,8-9,11,13-14,18,22-23,29,32,35-36,38-39,41-61H2,1-3H3/b10-7-,15-12-,19-16-,20-17-,24-21-,27-25-,28-26-,31-30-,34-33-,40-37-. The third-order valence-corrected chi connectivity index (χ3v) is 11.9. The van der Waals surface area contributed by atoms with Crippen LogP contribution in [0.25, 0.3) is 0 Å². The predicted octanol–water partition coefficient (Wildman–Crippen LogP) is 19.6. The molecule has 0 spiro atoms. The van der Waals surface area contributed by atoms with Crippen molar-refractivity contribution in [1.82, 2.24) is 0 Å². The predicted molar refractivity (Wildman–Crippen MR) is 306 cm³/mol. The van der Waals surface area contributed by atoms with E-state index in [1.807, 2.05) is 0 Å². The fourth-order valence-corrected chi connectivity index (χ4v) is 7.57. The van der Waals surface area contributed by atoms with E-state index >= 15 is 0 Å². The number of carbonyl (C=O) groups excluding carboxylic acids is 3. The van der Waals surface area contributed by atoms with Gasteiger partial charge in [0.25, 0.3) is 0 Å². The zero-order chi connectivity index (χ0) is 51.4. The molecule has 0 aromatic rings. The van der Waals surface area contributed by atoms with Gasteiger partial charge in [-0.2, -0.15) is 0 Å². The maximum absolute atomic E-state index is 12.9. The van der Waals surface area contributed by atoms with Crippen molar-refractivity contribution in [3.63, 3.8) is 0 Å².